The molecule has 0 aromatic rings. The van der Waals surface area contributed by atoms with Gasteiger partial charge in [0.1, 0.15) is 6.10 Å². The molecule has 3 aliphatic rings. The second-order valence-corrected chi connectivity index (χ2v) is 9.11. The van der Waals surface area contributed by atoms with Crippen molar-refractivity contribution in [3.8, 4) is 0 Å². The van der Waals surface area contributed by atoms with E-state index < -0.39 is 0 Å². The molecule has 0 heterocycles. The number of nitrogens with one attached hydrogen (secondary N) is 1. The zero-order valence-corrected chi connectivity index (χ0v) is 16.3. The standard InChI is InChI=1S/C21H36N2O2/c1-14(2)19-11-8-15(3)12-20(19)25-21(24)23-22-18-10-9-16-6-4-5-7-17(16)13-18/h14-17,19-20H,4-13H2,1-3H3,(H,23,24)/b22-18-/t15-,16+,17+,19-,20-/m1/s1. The molecular weight excluding hydrogens is 312 g/mol. The lowest BCUT2D eigenvalue weighted by atomic mass is 9.70. The first-order valence-corrected chi connectivity index (χ1v) is 10.5. The molecule has 0 aromatic heterocycles. The smallest absolute Gasteiger partial charge is 0.428 e. The van der Waals surface area contributed by atoms with Crippen molar-refractivity contribution in [3.05, 3.63) is 0 Å². The van der Waals surface area contributed by atoms with Crippen LogP contribution in [0.1, 0.15) is 85.0 Å². The molecule has 0 spiro atoms. The van der Waals surface area contributed by atoms with Crippen molar-refractivity contribution < 1.29 is 9.53 Å². The van der Waals surface area contributed by atoms with Gasteiger partial charge in [0.05, 0.1) is 0 Å². The third-order valence-electron chi connectivity index (χ3n) is 6.89. The van der Waals surface area contributed by atoms with Gasteiger partial charge in [-0.2, -0.15) is 5.10 Å². The number of amides is 1. The van der Waals surface area contributed by atoms with Gasteiger partial charge in [-0.25, -0.2) is 10.2 Å². The molecule has 0 saturated heterocycles. The molecule has 3 fully saturated rings. The van der Waals surface area contributed by atoms with E-state index in [1.165, 1.54) is 38.5 Å². The maximum absolute atomic E-state index is 12.3. The molecule has 0 aliphatic heterocycles. The van der Waals surface area contributed by atoms with Gasteiger partial charge < -0.3 is 4.74 Å². The summed E-state index contributed by atoms with van der Waals surface area (Å²) >= 11 is 0. The van der Waals surface area contributed by atoms with Crippen molar-refractivity contribution in [3.63, 3.8) is 0 Å². The topological polar surface area (TPSA) is 50.7 Å². The fourth-order valence-electron chi connectivity index (χ4n) is 5.33. The first kappa shape index (κ1) is 18.7. The van der Waals surface area contributed by atoms with Crippen molar-refractivity contribution in [2.75, 3.05) is 0 Å². The van der Waals surface area contributed by atoms with Gasteiger partial charge in [-0.15, -0.1) is 0 Å². The highest BCUT2D eigenvalue weighted by Gasteiger charge is 2.34. The van der Waals surface area contributed by atoms with E-state index in [1.54, 1.807) is 0 Å². The third kappa shape index (κ3) is 4.98. The first-order valence-electron chi connectivity index (χ1n) is 10.5. The van der Waals surface area contributed by atoms with Crippen LogP contribution in [0.15, 0.2) is 5.10 Å². The summed E-state index contributed by atoms with van der Waals surface area (Å²) in [7, 11) is 0. The molecule has 3 saturated carbocycles. The molecule has 0 aromatic carbocycles. The average molecular weight is 349 g/mol. The molecule has 0 bridgehead atoms. The van der Waals surface area contributed by atoms with Gasteiger partial charge in [-0.1, -0.05) is 46.5 Å². The van der Waals surface area contributed by atoms with Crippen molar-refractivity contribution in [2.45, 2.75) is 91.1 Å². The van der Waals surface area contributed by atoms with Crippen LogP contribution in [-0.2, 0) is 4.74 Å². The molecule has 1 amide bonds. The number of nitrogens with zero attached hydrogens (tertiary/aromatic N) is 1. The predicted octanol–water partition coefficient (Wildman–Crippen LogP) is 5.52. The van der Waals surface area contributed by atoms with E-state index in [0.29, 0.717) is 17.8 Å². The molecule has 142 valence electrons. The Hall–Kier alpha value is -1.06. The lowest BCUT2D eigenvalue weighted by Gasteiger charge is -2.36. The number of fused-ring (bicyclic) bond motifs is 1. The lowest BCUT2D eigenvalue weighted by Crippen LogP contribution is -2.38. The Morgan fingerprint density at radius 3 is 2.64 bits per heavy atom. The molecule has 0 unspecified atom stereocenters. The maximum Gasteiger partial charge on any atom is 0.428 e. The summed E-state index contributed by atoms with van der Waals surface area (Å²) in [4.78, 5) is 12.3. The minimum Gasteiger partial charge on any atom is -0.445 e. The van der Waals surface area contributed by atoms with Gasteiger partial charge in [-0.05, 0) is 68.1 Å². The summed E-state index contributed by atoms with van der Waals surface area (Å²) in [5.74, 6) is 3.37. The summed E-state index contributed by atoms with van der Waals surface area (Å²) in [6.07, 6.45) is 11.9. The van der Waals surface area contributed by atoms with Gasteiger partial charge in [0, 0.05) is 5.71 Å². The number of carbonyl (C=O) groups excluding carboxylic acids is 1. The van der Waals surface area contributed by atoms with E-state index in [9.17, 15) is 4.79 Å². The number of ether oxygens (including phenoxy) is 1. The summed E-state index contributed by atoms with van der Waals surface area (Å²) in [5.41, 5.74) is 3.86. The number of carbonyl (C=O) groups is 1. The van der Waals surface area contributed by atoms with E-state index >= 15 is 0 Å². The Bertz CT molecular complexity index is 488. The Morgan fingerprint density at radius 2 is 1.88 bits per heavy atom. The van der Waals surface area contributed by atoms with Crippen LogP contribution < -0.4 is 5.43 Å². The molecular formula is C21H36N2O2. The molecule has 3 aliphatic carbocycles. The Balaban J connectivity index is 1.50. The van der Waals surface area contributed by atoms with Crippen LogP contribution in [0.25, 0.3) is 0 Å². The Kier molecular flexibility index (Phi) is 6.40. The second-order valence-electron chi connectivity index (χ2n) is 9.11. The number of rotatable bonds is 3. The van der Waals surface area contributed by atoms with Gasteiger partial charge in [-0.3, -0.25) is 0 Å². The third-order valence-corrected chi connectivity index (χ3v) is 6.89. The minimum atomic E-state index is -0.358. The van der Waals surface area contributed by atoms with Crippen LogP contribution >= 0.6 is 0 Å². The van der Waals surface area contributed by atoms with E-state index in [1.807, 2.05) is 0 Å². The molecule has 0 radical (unpaired) electrons. The van der Waals surface area contributed by atoms with Gasteiger partial charge in [0.15, 0.2) is 0 Å². The fraction of sp³-hybridized carbons (Fsp3) is 0.905. The lowest BCUT2D eigenvalue weighted by molar-refractivity contribution is 0.00629. The number of hydrogen-bond donors (Lipinski definition) is 1. The van der Waals surface area contributed by atoms with Crippen LogP contribution in [0.4, 0.5) is 4.79 Å². The van der Waals surface area contributed by atoms with Crippen molar-refractivity contribution in [1.82, 2.24) is 5.43 Å². The zero-order chi connectivity index (χ0) is 17.8. The largest absolute Gasteiger partial charge is 0.445 e. The number of hydrogen-bond acceptors (Lipinski definition) is 3. The normalized spacial score (nSPS) is 37.6. The van der Waals surface area contributed by atoms with E-state index in [0.717, 1.165) is 43.2 Å². The van der Waals surface area contributed by atoms with Crippen LogP contribution in [0.2, 0.25) is 0 Å². The molecule has 4 nitrogen and oxygen atoms in total. The highest BCUT2D eigenvalue weighted by Crippen LogP contribution is 2.39. The molecule has 25 heavy (non-hydrogen) atoms. The Morgan fingerprint density at radius 1 is 1.12 bits per heavy atom. The molecule has 5 atom stereocenters. The molecule has 3 rings (SSSR count). The maximum atomic E-state index is 12.3. The molecule has 4 heteroatoms. The van der Waals surface area contributed by atoms with Gasteiger partial charge >= 0.3 is 6.09 Å². The quantitative estimate of drug-likeness (QED) is 0.683. The highest BCUT2D eigenvalue weighted by atomic mass is 16.6. The first-order chi connectivity index (χ1) is 12.0. The fourth-order valence-corrected chi connectivity index (χ4v) is 5.33. The minimum absolute atomic E-state index is 0.0398. The summed E-state index contributed by atoms with van der Waals surface area (Å²) < 4.78 is 5.78. The Labute approximate surface area is 153 Å². The van der Waals surface area contributed by atoms with Gasteiger partial charge in [0.2, 0.25) is 0 Å². The van der Waals surface area contributed by atoms with Crippen molar-refractivity contribution in [2.24, 2.45) is 34.7 Å². The van der Waals surface area contributed by atoms with Gasteiger partial charge in [0.25, 0.3) is 0 Å². The van der Waals surface area contributed by atoms with Crippen LogP contribution in [0, 0.1) is 29.6 Å². The van der Waals surface area contributed by atoms with E-state index in [4.69, 9.17) is 4.74 Å². The number of hydrazone groups is 1. The molecule has 1 N–H and O–H groups in total. The monoisotopic (exact) mass is 348 g/mol. The SMILES string of the molecule is CC(C)[C@H]1CC[C@@H](C)C[C@H]1OC(=O)N/N=C1/CC[C@@H]2CCCC[C@H]2C1. The van der Waals surface area contributed by atoms with Crippen LogP contribution in [0.3, 0.4) is 0 Å². The summed E-state index contributed by atoms with van der Waals surface area (Å²) in [6.45, 7) is 6.73. The summed E-state index contributed by atoms with van der Waals surface area (Å²) in [6, 6.07) is 0. The van der Waals surface area contributed by atoms with E-state index in [-0.39, 0.29) is 12.2 Å². The van der Waals surface area contributed by atoms with Crippen molar-refractivity contribution >= 4 is 11.8 Å². The van der Waals surface area contributed by atoms with E-state index in [2.05, 4.69) is 31.3 Å². The average Bonchev–Trinajstić information content (AvgIpc) is 2.59. The zero-order valence-electron chi connectivity index (χ0n) is 16.3. The summed E-state index contributed by atoms with van der Waals surface area (Å²) in [5, 5.41) is 4.42. The van der Waals surface area contributed by atoms with Crippen molar-refractivity contribution in [1.29, 1.82) is 0 Å². The second kappa shape index (κ2) is 8.55. The highest BCUT2D eigenvalue weighted by molar-refractivity contribution is 5.86. The van der Waals surface area contributed by atoms with Crippen LogP contribution in [-0.4, -0.2) is 17.9 Å². The predicted molar refractivity (Wildman–Crippen MR) is 101 cm³/mol. The van der Waals surface area contributed by atoms with Crippen LogP contribution in [0.5, 0.6) is 0 Å².